The van der Waals surface area contributed by atoms with E-state index in [0.29, 0.717) is 0 Å². The van der Waals surface area contributed by atoms with Gasteiger partial charge in [0.1, 0.15) is 5.82 Å². The van der Waals surface area contributed by atoms with E-state index < -0.39 is 0 Å². The van der Waals surface area contributed by atoms with Gasteiger partial charge in [-0.2, -0.15) is 0 Å². The summed E-state index contributed by atoms with van der Waals surface area (Å²) in [5.41, 5.74) is 5.32. The molecule has 2 aromatic rings. The van der Waals surface area contributed by atoms with E-state index in [1.165, 1.54) is 11.1 Å². The van der Waals surface area contributed by atoms with E-state index in [4.69, 9.17) is 0 Å². The van der Waals surface area contributed by atoms with Gasteiger partial charge in [0, 0.05) is 0 Å². The molecule has 0 radical (unpaired) electrons. The maximum atomic E-state index is 4.55. The van der Waals surface area contributed by atoms with E-state index in [2.05, 4.69) is 63.6 Å². The standard InChI is InChI=1S/C16H24N2/c1-10-17-13-8-11(15(2,3)4)12(16(5,6)7)9-14(13)18-10/h8-9H,1-7H3,(H,17,18). The van der Waals surface area contributed by atoms with Gasteiger partial charge < -0.3 is 4.98 Å². The zero-order chi connectivity index (χ0) is 13.7. The summed E-state index contributed by atoms with van der Waals surface area (Å²) < 4.78 is 0. The Morgan fingerprint density at radius 1 is 0.889 bits per heavy atom. The number of hydrogen-bond acceptors (Lipinski definition) is 1. The van der Waals surface area contributed by atoms with Crippen LogP contribution in [-0.2, 0) is 10.8 Å². The number of H-pyrrole nitrogens is 1. The lowest BCUT2D eigenvalue weighted by Gasteiger charge is -2.30. The first kappa shape index (κ1) is 13.1. The molecule has 0 amide bonds. The minimum absolute atomic E-state index is 0.143. The molecular formula is C16H24N2. The van der Waals surface area contributed by atoms with Gasteiger partial charge in [-0.25, -0.2) is 4.98 Å². The lowest BCUT2D eigenvalue weighted by Crippen LogP contribution is -2.21. The van der Waals surface area contributed by atoms with Crippen molar-refractivity contribution in [1.82, 2.24) is 9.97 Å². The summed E-state index contributed by atoms with van der Waals surface area (Å²) in [4.78, 5) is 7.89. The molecule has 18 heavy (non-hydrogen) atoms. The minimum Gasteiger partial charge on any atom is -0.342 e. The SMILES string of the molecule is Cc1nc2cc(C(C)(C)C)c(C(C)(C)C)cc2[nH]1. The predicted molar refractivity (Wildman–Crippen MR) is 78.2 cm³/mol. The normalized spacial score (nSPS) is 13.3. The third-order valence-corrected chi connectivity index (χ3v) is 3.36. The molecule has 1 aromatic heterocycles. The first-order chi connectivity index (χ1) is 8.09. The minimum atomic E-state index is 0.143. The Morgan fingerprint density at radius 3 is 1.89 bits per heavy atom. The molecule has 0 atom stereocenters. The van der Waals surface area contributed by atoms with Crippen LogP contribution < -0.4 is 0 Å². The van der Waals surface area contributed by atoms with E-state index in [1.54, 1.807) is 0 Å². The van der Waals surface area contributed by atoms with E-state index in [0.717, 1.165) is 16.9 Å². The average molecular weight is 244 g/mol. The number of aryl methyl sites for hydroxylation is 1. The molecule has 2 heteroatoms. The first-order valence-corrected chi connectivity index (χ1v) is 6.60. The summed E-state index contributed by atoms with van der Waals surface area (Å²) in [5.74, 6) is 0.982. The van der Waals surface area contributed by atoms with Crippen molar-refractivity contribution < 1.29 is 0 Å². The number of rotatable bonds is 0. The molecule has 0 saturated heterocycles. The number of imidazole rings is 1. The van der Waals surface area contributed by atoms with Crippen LogP contribution in [0.25, 0.3) is 11.0 Å². The summed E-state index contributed by atoms with van der Waals surface area (Å²) in [6.07, 6.45) is 0. The Hall–Kier alpha value is -1.31. The Morgan fingerprint density at radius 2 is 1.39 bits per heavy atom. The van der Waals surface area contributed by atoms with Crippen LogP contribution in [0.3, 0.4) is 0 Å². The van der Waals surface area contributed by atoms with Gasteiger partial charge in [-0.15, -0.1) is 0 Å². The van der Waals surface area contributed by atoms with Gasteiger partial charge in [-0.05, 0) is 41.0 Å². The molecule has 2 nitrogen and oxygen atoms in total. The van der Waals surface area contributed by atoms with Crippen LogP contribution in [0.1, 0.15) is 58.5 Å². The fraction of sp³-hybridized carbons (Fsp3) is 0.562. The van der Waals surface area contributed by atoms with Crippen LogP contribution >= 0.6 is 0 Å². The van der Waals surface area contributed by atoms with Gasteiger partial charge in [0.2, 0.25) is 0 Å². The van der Waals surface area contributed by atoms with E-state index in [-0.39, 0.29) is 10.8 Å². The highest BCUT2D eigenvalue weighted by molar-refractivity contribution is 5.78. The Bertz CT molecular complexity index is 526. The van der Waals surface area contributed by atoms with Crippen molar-refractivity contribution in [2.45, 2.75) is 59.3 Å². The van der Waals surface area contributed by atoms with Gasteiger partial charge in [0.05, 0.1) is 11.0 Å². The Balaban J connectivity index is 2.80. The molecule has 1 aromatic carbocycles. The van der Waals surface area contributed by atoms with Gasteiger partial charge in [0.25, 0.3) is 0 Å². The molecule has 1 N–H and O–H groups in total. The number of aromatic amines is 1. The number of aromatic nitrogens is 2. The molecule has 1 heterocycles. The maximum absolute atomic E-state index is 4.55. The fourth-order valence-corrected chi connectivity index (χ4v) is 2.43. The maximum Gasteiger partial charge on any atom is 0.104 e. The summed E-state index contributed by atoms with van der Waals surface area (Å²) in [6.45, 7) is 15.6. The molecule has 0 aliphatic rings. The van der Waals surface area contributed by atoms with Crippen molar-refractivity contribution in [3.63, 3.8) is 0 Å². The van der Waals surface area contributed by atoms with Crippen molar-refractivity contribution in [3.8, 4) is 0 Å². The molecular weight excluding hydrogens is 220 g/mol. The zero-order valence-electron chi connectivity index (χ0n) is 12.6. The van der Waals surface area contributed by atoms with E-state index >= 15 is 0 Å². The monoisotopic (exact) mass is 244 g/mol. The second kappa shape index (κ2) is 3.84. The predicted octanol–water partition coefficient (Wildman–Crippen LogP) is 4.47. The van der Waals surface area contributed by atoms with Crippen molar-refractivity contribution in [2.75, 3.05) is 0 Å². The van der Waals surface area contributed by atoms with Gasteiger partial charge >= 0.3 is 0 Å². The molecule has 2 rings (SSSR count). The first-order valence-electron chi connectivity index (χ1n) is 6.60. The van der Waals surface area contributed by atoms with Crippen LogP contribution in [0.15, 0.2) is 12.1 Å². The number of nitrogens with zero attached hydrogens (tertiary/aromatic N) is 1. The lowest BCUT2D eigenvalue weighted by atomic mass is 9.75. The lowest BCUT2D eigenvalue weighted by molar-refractivity contribution is 0.531. The van der Waals surface area contributed by atoms with Gasteiger partial charge in [0.15, 0.2) is 0 Å². The quantitative estimate of drug-likeness (QED) is 0.728. The van der Waals surface area contributed by atoms with E-state index in [1.807, 2.05) is 6.92 Å². The fourth-order valence-electron chi connectivity index (χ4n) is 2.43. The second-order valence-electron chi connectivity index (χ2n) is 7.24. The zero-order valence-corrected chi connectivity index (χ0v) is 12.6. The highest BCUT2D eigenvalue weighted by Crippen LogP contribution is 2.36. The van der Waals surface area contributed by atoms with Gasteiger partial charge in [-0.1, -0.05) is 41.5 Å². The van der Waals surface area contributed by atoms with Crippen LogP contribution in [0.2, 0.25) is 0 Å². The van der Waals surface area contributed by atoms with Crippen molar-refractivity contribution in [2.24, 2.45) is 0 Å². The highest BCUT2D eigenvalue weighted by atomic mass is 14.9. The largest absolute Gasteiger partial charge is 0.342 e. The summed E-state index contributed by atoms with van der Waals surface area (Å²) in [5, 5.41) is 0. The van der Waals surface area contributed by atoms with Crippen LogP contribution in [0, 0.1) is 6.92 Å². The number of benzene rings is 1. The molecule has 0 aliphatic heterocycles. The second-order valence-corrected chi connectivity index (χ2v) is 7.24. The molecule has 98 valence electrons. The molecule has 0 bridgehead atoms. The van der Waals surface area contributed by atoms with E-state index in [9.17, 15) is 0 Å². The van der Waals surface area contributed by atoms with Crippen molar-refractivity contribution in [3.05, 3.63) is 29.1 Å². The summed E-state index contributed by atoms with van der Waals surface area (Å²) in [7, 11) is 0. The Labute approximate surface area is 110 Å². The molecule has 0 aliphatic carbocycles. The molecule has 0 fully saturated rings. The van der Waals surface area contributed by atoms with Crippen molar-refractivity contribution in [1.29, 1.82) is 0 Å². The number of nitrogens with one attached hydrogen (secondary N) is 1. The average Bonchev–Trinajstić information content (AvgIpc) is 2.52. The molecule has 0 saturated carbocycles. The van der Waals surface area contributed by atoms with Gasteiger partial charge in [-0.3, -0.25) is 0 Å². The summed E-state index contributed by atoms with van der Waals surface area (Å²) in [6, 6.07) is 4.52. The topological polar surface area (TPSA) is 28.7 Å². The highest BCUT2D eigenvalue weighted by Gasteiger charge is 2.26. The third kappa shape index (κ3) is 2.29. The van der Waals surface area contributed by atoms with Crippen LogP contribution in [0.4, 0.5) is 0 Å². The smallest absolute Gasteiger partial charge is 0.104 e. The Kier molecular flexibility index (Phi) is 2.80. The van der Waals surface area contributed by atoms with Crippen LogP contribution in [0.5, 0.6) is 0 Å². The third-order valence-electron chi connectivity index (χ3n) is 3.36. The molecule has 0 spiro atoms. The molecule has 0 unspecified atom stereocenters. The van der Waals surface area contributed by atoms with Crippen LogP contribution in [-0.4, -0.2) is 9.97 Å². The number of fused-ring (bicyclic) bond motifs is 1. The van der Waals surface area contributed by atoms with Crippen molar-refractivity contribution >= 4 is 11.0 Å². The number of hydrogen-bond donors (Lipinski definition) is 1. The summed E-state index contributed by atoms with van der Waals surface area (Å²) >= 11 is 0.